The fourth-order valence-corrected chi connectivity index (χ4v) is 3.80. The van der Waals surface area contributed by atoms with Gasteiger partial charge in [-0.2, -0.15) is 0 Å². The van der Waals surface area contributed by atoms with Gasteiger partial charge in [-0.05, 0) is 35.8 Å². The van der Waals surface area contributed by atoms with Gasteiger partial charge in [-0.25, -0.2) is 9.98 Å². The van der Waals surface area contributed by atoms with Gasteiger partial charge >= 0.3 is 0 Å². The van der Waals surface area contributed by atoms with Crippen molar-refractivity contribution in [2.24, 2.45) is 9.98 Å². The van der Waals surface area contributed by atoms with E-state index in [0.717, 1.165) is 29.8 Å². The maximum atomic E-state index is 6.16. The lowest BCUT2D eigenvalue weighted by molar-refractivity contribution is 0.246. The Balaban J connectivity index is 2.23. The minimum atomic E-state index is -0.136. The summed E-state index contributed by atoms with van der Waals surface area (Å²) in [4.78, 5) is 10.3. The molecule has 0 saturated carbocycles. The number of rotatable bonds is 7. The third kappa shape index (κ3) is 4.44. The molecule has 3 heteroatoms. The van der Waals surface area contributed by atoms with Gasteiger partial charge in [0.05, 0.1) is 11.2 Å². The molecule has 3 rings (SSSR count). The Morgan fingerprint density at radius 1 is 0.931 bits per heavy atom. The lowest BCUT2D eigenvalue weighted by Gasteiger charge is -2.18. The molecule has 0 spiro atoms. The van der Waals surface area contributed by atoms with Gasteiger partial charge in [0.1, 0.15) is 12.3 Å². The molecule has 0 radical (unpaired) electrons. The van der Waals surface area contributed by atoms with Crippen LogP contribution in [0.1, 0.15) is 82.9 Å². The number of nitrogens with zero attached hydrogens (tertiary/aromatic N) is 2. The molecular formula is C26H34N2O. The zero-order chi connectivity index (χ0) is 21.0. The van der Waals surface area contributed by atoms with Crippen molar-refractivity contribution in [3.63, 3.8) is 0 Å². The van der Waals surface area contributed by atoms with Gasteiger partial charge in [0.25, 0.3) is 0 Å². The molecule has 1 aliphatic heterocycles. The summed E-state index contributed by atoms with van der Waals surface area (Å²) in [7, 11) is 0. The highest BCUT2D eigenvalue weighted by atomic mass is 16.5. The first-order valence-electron chi connectivity index (χ1n) is 10.9. The summed E-state index contributed by atoms with van der Waals surface area (Å²) in [6, 6.07) is 16.8. The molecule has 154 valence electrons. The predicted octanol–water partition coefficient (Wildman–Crippen LogP) is 7.04. The van der Waals surface area contributed by atoms with Gasteiger partial charge in [-0.1, -0.05) is 90.1 Å². The van der Waals surface area contributed by atoms with Crippen molar-refractivity contribution < 1.29 is 4.74 Å². The standard InChI is InChI=1S/C26H34N2O/c1-7-26(8-2)17-29-25(28-26)23(20-13-10-9-11-14-20)27-24-21(18(3)4)15-12-16-22(24)19(5)6/h9-16,18-19H,7-8,17H2,1-6H3. The molecule has 0 fully saturated rings. The Hall–Kier alpha value is -2.42. The number of hydrogen-bond acceptors (Lipinski definition) is 3. The van der Waals surface area contributed by atoms with Gasteiger partial charge in [0.15, 0.2) is 0 Å². The van der Waals surface area contributed by atoms with Crippen LogP contribution in [0.3, 0.4) is 0 Å². The summed E-state index contributed by atoms with van der Waals surface area (Å²) < 4.78 is 6.16. The van der Waals surface area contributed by atoms with Crippen LogP contribution in [-0.4, -0.2) is 23.8 Å². The molecule has 0 unspecified atom stereocenters. The molecule has 0 saturated heterocycles. The molecule has 0 amide bonds. The lowest BCUT2D eigenvalue weighted by atomic mass is 9.92. The van der Waals surface area contributed by atoms with Crippen LogP contribution in [-0.2, 0) is 4.74 Å². The highest BCUT2D eigenvalue weighted by Crippen LogP contribution is 2.36. The van der Waals surface area contributed by atoms with Gasteiger partial charge < -0.3 is 4.74 Å². The largest absolute Gasteiger partial charge is 0.474 e. The molecule has 0 aliphatic carbocycles. The van der Waals surface area contributed by atoms with Crippen molar-refractivity contribution in [3.05, 3.63) is 65.2 Å². The van der Waals surface area contributed by atoms with Crippen molar-refractivity contribution in [2.45, 2.75) is 71.8 Å². The number of hydrogen-bond donors (Lipinski definition) is 0. The van der Waals surface area contributed by atoms with E-state index in [9.17, 15) is 0 Å². The predicted molar refractivity (Wildman–Crippen MR) is 124 cm³/mol. The van der Waals surface area contributed by atoms with Crippen LogP contribution in [0, 0.1) is 0 Å². The summed E-state index contributed by atoms with van der Waals surface area (Å²) in [5.41, 5.74) is 5.34. The fraction of sp³-hybridized carbons (Fsp3) is 0.462. The molecule has 2 aromatic rings. The number of para-hydroxylation sites is 1. The first kappa shape index (κ1) is 21.3. The zero-order valence-electron chi connectivity index (χ0n) is 18.7. The highest BCUT2D eigenvalue weighted by molar-refractivity contribution is 6.46. The van der Waals surface area contributed by atoms with E-state index in [4.69, 9.17) is 14.7 Å². The Morgan fingerprint density at radius 2 is 1.52 bits per heavy atom. The van der Waals surface area contributed by atoms with Gasteiger partial charge in [-0.15, -0.1) is 0 Å². The third-order valence-corrected chi connectivity index (χ3v) is 5.95. The van der Waals surface area contributed by atoms with Crippen molar-refractivity contribution >= 4 is 17.3 Å². The van der Waals surface area contributed by atoms with Crippen LogP contribution >= 0.6 is 0 Å². The van der Waals surface area contributed by atoms with E-state index in [2.05, 4.69) is 71.9 Å². The van der Waals surface area contributed by atoms with Crippen LogP contribution in [0.15, 0.2) is 58.5 Å². The van der Waals surface area contributed by atoms with E-state index in [-0.39, 0.29) is 5.54 Å². The van der Waals surface area contributed by atoms with Crippen LogP contribution in [0.2, 0.25) is 0 Å². The fourth-order valence-electron chi connectivity index (χ4n) is 3.80. The lowest BCUT2D eigenvalue weighted by Crippen LogP contribution is -2.25. The van der Waals surface area contributed by atoms with E-state index in [1.807, 2.05) is 18.2 Å². The van der Waals surface area contributed by atoms with Crippen molar-refractivity contribution in [3.8, 4) is 0 Å². The number of ether oxygens (including phenoxy) is 1. The van der Waals surface area contributed by atoms with Crippen LogP contribution in [0.5, 0.6) is 0 Å². The summed E-state index contributed by atoms with van der Waals surface area (Å²) in [5, 5.41) is 0. The Labute approximate surface area is 175 Å². The quantitative estimate of drug-likeness (QED) is 0.467. The molecule has 0 atom stereocenters. The van der Waals surface area contributed by atoms with E-state index >= 15 is 0 Å². The van der Waals surface area contributed by atoms with Crippen LogP contribution in [0.25, 0.3) is 0 Å². The van der Waals surface area contributed by atoms with E-state index < -0.39 is 0 Å². The monoisotopic (exact) mass is 390 g/mol. The number of benzene rings is 2. The van der Waals surface area contributed by atoms with Crippen molar-refractivity contribution in [1.82, 2.24) is 0 Å². The highest BCUT2D eigenvalue weighted by Gasteiger charge is 2.35. The molecular weight excluding hydrogens is 356 g/mol. The molecule has 1 heterocycles. The van der Waals surface area contributed by atoms with E-state index in [0.29, 0.717) is 24.3 Å². The average molecular weight is 391 g/mol. The second-order valence-corrected chi connectivity index (χ2v) is 8.56. The normalized spacial score (nSPS) is 16.3. The van der Waals surface area contributed by atoms with Crippen LogP contribution in [0.4, 0.5) is 5.69 Å². The van der Waals surface area contributed by atoms with Crippen molar-refractivity contribution in [2.75, 3.05) is 6.61 Å². The zero-order valence-corrected chi connectivity index (χ0v) is 18.7. The average Bonchev–Trinajstić information content (AvgIpc) is 3.17. The van der Waals surface area contributed by atoms with E-state index in [1.54, 1.807) is 0 Å². The Morgan fingerprint density at radius 3 is 2.00 bits per heavy atom. The Bertz CT molecular complexity index is 864. The molecule has 1 aliphatic rings. The third-order valence-electron chi connectivity index (χ3n) is 5.95. The summed E-state index contributed by atoms with van der Waals surface area (Å²) in [6.07, 6.45) is 1.93. The maximum Gasteiger partial charge on any atom is 0.236 e. The smallest absolute Gasteiger partial charge is 0.236 e. The Kier molecular flexibility index (Phi) is 6.56. The first-order chi connectivity index (χ1) is 13.9. The first-order valence-corrected chi connectivity index (χ1v) is 10.9. The molecule has 2 aromatic carbocycles. The molecule has 0 aromatic heterocycles. The molecule has 0 N–H and O–H groups in total. The van der Waals surface area contributed by atoms with Gasteiger partial charge in [-0.3, -0.25) is 0 Å². The minimum absolute atomic E-state index is 0.136. The van der Waals surface area contributed by atoms with Gasteiger partial charge in [0.2, 0.25) is 5.90 Å². The molecule has 29 heavy (non-hydrogen) atoms. The summed E-state index contributed by atoms with van der Waals surface area (Å²) in [5.74, 6) is 1.45. The van der Waals surface area contributed by atoms with Crippen molar-refractivity contribution in [1.29, 1.82) is 0 Å². The maximum absolute atomic E-state index is 6.16. The van der Waals surface area contributed by atoms with E-state index in [1.165, 1.54) is 11.1 Å². The summed E-state index contributed by atoms with van der Waals surface area (Å²) >= 11 is 0. The van der Waals surface area contributed by atoms with Gasteiger partial charge in [0, 0.05) is 5.56 Å². The number of aliphatic imine (C=N–C) groups is 2. The second-order valence-electron chi connectivity index (χ2n) is 8.56. The second kappa shape index (κ2) is 8.94. The molecule has 3 nitrogen and oxygen atoms in total. The molecule has 0 bridgehead atoms. The SMILES string of the molecule is CCC1(CC)COC(C(=Nc2c(C(C)C)cccc2C(C)C)c2ccccc2)=N1. The topological polar surface area (TPSA) is 34.0 Å². The minimum Gasteiger partial charge on any atom is -0.474 e. The van der Waals surface area contributed by atoms with Crippen LogP contribution < -0.4 is 0 Å². The summed E-state index contributed by atoms with van der Waals surface area (Å²) in [6.45, 7) is 13.9.